The summed E-state index contributed by atoms with van der Waals surface area (Å²) in [6.07, 6.45) is 0. The first kappa shape index (κ1) is 18.1. The summed E-state index contributed by atoms with van der Waals surface area (Å²) < 4.78 is 31.4. The van der Waals surface area contributed by atoms with Gasteiger partial charge in [-0.25, -0.2) is 8.42 Å². The van der Waals surface area contributed by atoms with Crippen LogP contribution in [-0.2, 0) is 19.6 Å². The van der Waals surface area contributed by atoms with E-state index >= 15 is 0 Å². The van der Waals surface area contributed by atoms with E-state index in [0.29, 0.717) is 13.2 Å². The van der Waals surface area contributed by atoms with Crippen LogP contribution in [0.3, 0.4) is 0 Å². The number of nitrogens with one attached hydrogen (secondary N) is 1. The van der Waals surface area contributed by atoms with E-state index in [0.717, 1.165) is 14.3 Å². The molecule has 0 radical (unpaired) electrons. The molecule has 0 saturated heterocycles. The minimum atomic E-state index is -3.68. The van der Waals surface area contributed by atoms with Crippen LogP contribution in [0.4, 0.5) is 0 Å². The average molecular weight is 379 g/mol. The molecule has 0 aromatic heterocycles. The number of hydrogen-bond acceptors (Lipinski definition) is 4. The van der Waals surface area contributed by atoms with Gasteiger partial charge in [0.15, 0.2) is 0 Å². The summed E-state index contributed by atoms with van der Waals surface area (Å²) in [5.41, 5.74) is 0.814. The van der Waals surface area contributed by atoms with E-state index in [1.54, 1.807) is 19.1 Å². The van der Waals surface area contributed by atoms with E-state index in [2.05, 4.69) is 21.2 Å². The smallest absolute Gasteiger partial charge is 0.243 e. The number of aryl methyl sites for hydroxylation is 1. The Bertz CT molecular complexity index is 604. The zero-order valence-electron chi connectivity index (χ0n) is 12.2. The number of methoxy groups -OCH3 is 1. The van der Waals surface area contributed by atoms with Gasteiger partial charge in [0.2, 0.25) is 15.9 Å². The number of amides is 1. The third-order valence-corrected chi connectivity index (χ3v) is 5.52. The van der Waals surface area contributed by atoms with Crippen molar-refractivity contribution in [3.05, 3.63) is 28.2 Å². The van der Waals surface area contributed by atoms with Gasteiger partial charge in [0.1, 0.15) is 0 Å². The van der Waals surface area contributed by atoms with Gasteiger partial charge < -0.3 is 10.1 Å². The molecule has 0 spiro atoms. The fourth-order valence-corrected chi connectivity index (χ4v) is 3.05. The van der Waals surface area contributed by atoms with Gasteiger partial charge in [-0.15, -0.1) is 0 Å². The van der Waals surface area contributed by atoms with Gasteiger partial charge >= 0.3 is 0 Å². The molecule has 1 aromatic rings. The maximum absolute atomic E-state index is 12.4. The molecule has 0 aliphatic rings. The zero-order valence-corrected chi connectivity index (χ0v) is 14.6. The number of benzene rings is 1. The average Bonchev–Trinajstić information content (AvgIpc) is 2.41. The topological polar surface area (TPSA) is 75.7 Å². The quantitative estimate of drug-likeness (QED) is 0.721. The lowest BCUT2D eigenvalue weighted by molar-refractivity contribution is -0.121. The minimum absolute atomic E-state index is 0.162. The molecular formula is C13H19BrN2O4S. The molecule has 1 N–H and O–H groups in total. The molecule has 0 bridgehead atoms. The van der Waals surface area contributed by atoms with Gasteiger partial charge in [-0.3, -0.25) is 4.79 Å². The van der Waals surface area contributed by atoms with Crippen molar-refractivity contribution >= 4 is 31.9 Å². The summed E-state index contributed by atoms with van der Waals surface area (Å²) in [6, 6.07) is 4.75. The predicted molar refractivity (Wildman–Crippen MR) is 83.6 cm³/mol. The highest BCUT2D eigenvalue weighted by Gasteiger charge is 2.23. The number of likely N-dealkylation sites (N-methyl/N-ethyl adjacent to an activating group) is 1. The number of carbonyl (C=O) groups excluding carboxylic acids is 1. The number of hydrogen-bond donors (Lipinski definition) is 1. The number of ether oxygens (including phenoxy) is 1. The highest BCUT2D eigenvalue weighted by atomic mass is 79.9. The first-order chi connectivity index (χ1) is 9.78. The van der Waals surface area contributed by atoms with Crippen LogP contribution in [0.25, 0.3) is 0 Å². The third kappa shape index (κ3) is 5.06. The monoisotopic (exact) mass is 378 g/mol. The number of rotatable bonds is 7. The molecule has 1 amide bonds. The Labute approximate surface area is 133 Å². The molecule has 0 aliphatic heterocycles. The van der Waals surface area contributed by atoms with Crippen LogP contribution in [0, 0.1) is 6.92 Å². The van der Waals surface area contributed by atoms with E-state index in [9.17, 15) is 13.2 Å². The van der Waals surface area contributed by atoms with Gasteiger partial charge in [-0.05, 0) is 30.7 Å². The van der Waals surface area contributed by atoms with Crippen LogP contribution in [0.2, 0.25) is 0 Å². The molecule has 0 unspecified atom stereocenters. The van der Waals surface area contributed by atoms with Crippen LogP contribution < -0.4 is 5.32 Å². The lowest BCUT2D eigenvalue weighted by Gasteiger charge is -2.17. The highest BCUT2D eigenvalue weighted by Crippen LogP contribution is 2.21. The van der Waals surface area contributed by atoms with Crippen LogP contribution in [-0.4, -0.2) is 52.5 Å². The standard InChI is InChI=1S/C13H19BrN2O4S/c1-10-8-11(4-5-12(10)14)21(18,19)16(2)9-13(17)15-6-7-20-3/h4-5,8H,6-7,9H2,1-3H3,(H,15,17). The molecular weight excluding hydrogens is 360 g/mol. The van der Waals surface area contributed by atoms with E-state index in [1.807, 2.05) is 0 Å². The fraction of sp³-hybridized carbons (Fsp3) is 0.462. The van der Waals surface area contributed by atoms with Crippen LogP contribution >= 0.6 is 15.9 Å². The lowest BCUT2D eigenvalue weighted by atomic mass is 10.2. The molecule has 0 atom stereocenters. The van der Waals surface area contributed by atoms with Gasteiger partial charge in [0, 0.05) is 25.2 Å². The van der Waals surface area contributed by atoms with Crippen molar-refractivity contribution in [3.63, 3.8) is 0 Å². The van der Waals surface area contributed by atoms with E-state index in [-0.39, 0.29) is 17.3 Å². The third-order valence-electron chi connectivity index (χ3n) is 2.83. The molecule has 118 valence electrons. The molecule has 8 heteroatoms. The molecule has 1 aromatic carbocycles. The number of carbonyl (C=O) groups is 1. The van der Waals surface area contributed by atoms with Gasteiger partial charge in [0.25, 0.3) is 0 Å². The van der Waals surface area contributed by atoms with Crippen molar-refractivity contribution in [1.82, 2.24) is 9.62 Å². The Balaban J connectivity index is 2.77. The second-order valence-electron chi connectivity index (χ2n) is 4.51. The number of sulfonamides is 1. The highest BCUT2D eigenvalue weighted by molar-refractivity contribution is 9.10. The Morgan fingerprint density at radius 3 is 2.67 bits per heavy atom. The molecule has 21 heavy (non-hydrogen) atoms. The van der Waals surface area contributed by atoms with Crippen molar-refractivity contribution in [1.29, 1.82) is 0 Å². The SMILES string of the molecule is COCCNC(=O)CN(C)S(=O)(=O)c1ccc(Br)c(C)c1. The van der Waals surface area contributed by atoms with Crippen molar-refractivity contribution in [2.75, 3.05) is 33.9 Å². The van der Waals surface area contributed by atoms with Gasteiger partial charge in [-0.1, -0.05) is 15.9 Å². The first-order valence-electron chi connectivity index (χ1n) is 6.27. The Morgan fingerprint density at radius 1 is 1.43 bits per heavy atom. The summed E-state index contributed by atoms with van der Waals surface area (Å²) >= 11 is 3.32. The van der Waals surface area contributed by atoms with Crippen molar-refractivity contribution in [2.45, 2.75) is 11.8 Å². The molecule has 0 aliphatic carbocycles. The Kier molecular flexibility index (Phi) is 6.79. The number of nitrogens with zero attached hydrogens (tertiary/aromatic N) is 1. The van der Waals surface area contributed by atoms with Crippen LogP contribution in [0.1, 0.15) is 5.56 Å². The van der Waals surface area contributed by atoms with E-state index < -0.39 is 10.0 Å². The molecule has 6 nitrogen and oxygen atoms in total. The van der Waals surface area contributed by atoms with Crippen molar-refractivity contribution in [3.8, 4) is 0 Å². The van der Waals surface area contributed by atoms with Crippen LogP contribution in [0.15, 0.2) is 27.6 Å². The van der Waals surface area contributed by atoms with Gasteiger partial charge in [-0.2, -0.15) is 4.31 Å². The predicted octanol–water partition coefficient (Wildman–Crippen LogP) is 1.14. The molecule has 0 saturated carbocycles. The Hall–Kier alpha value is -0.960. The largest absolute Gasteiger partial charge is 0.383 e. The lowest BCUT2D eigenvalue weighted by Crippen LogP contribution is -2.39. The minimum Gasteiger partial charge on any atom is -0.383 e. The maximum Gasteiger partial charge on any atom is 0.243 e. The molecule has 0 fully saturated rings. The summed E-state index contributed by atoms with van der Waals surface area (Å²) in [5, 5.41) is 2.58. The fourth-order valence-electron chi connectivity index (χ4n) is 1.59. The van der Waals surface area contributed by atoms with Crippen molar-refractivity contribution < 1.29 is 17.9 Å². The summed E-state index contributed by atoms with van der Waals surface area (Å²) in [4.78, 5) is 11.8. The summed E-state index contributed by atoms with van der Waals surface area (Å²) in [5.74, 6) is -0.369. The second kappa shape index (κ2) is 7.88. The first-order valence-corrected chi connectivity index (χ1v) is 8.50. The Morgan fingerprint density at radius 2 is 2.10 bits per heavy atom. The molecule has 0 heterocycles. The normalized spacial score (nSPS) is 11.7. The summed E-state index contributed by atoms with van der Waals surface area (Å²) in [7, 11) is -0.780. The summed E-state index contributed by atoms with van der Waals surface area (Å²) in [6.45, 7) is 2.30. The van der Waals surface area contributed by atoms with Crippen molar-refractivity contribution in [2.24, 2.45) is 0 Å². The van der Waals surface area contributed by atoms with Gasteiger partial charge in [0.05, 0.1) is 18.0 Å². The molecule has 1 rings (SSSR count). The number of halogens is 1. The van der Waals surface area contributed by atoms with Crippen LogP contribution in [0.5, 0.6) is 0 Å². The maximum atomic E-state index is 12.4. The van der Waals surface area contributed by atoms with E-state index in [1.165, 1.54) is 20.2 Å². The van der Waals surface area contributed by atoms with E-state index in [4.69, 9.17) is 4.74 Å². The second-order valence-corrected chi connectivity index (χ2v) is 7.41. The zero-order chi connectivity index (χ0) is 16.0.